The first kappa shape index (κ1) is 9.26. The summed E-state index contributed by atoms with van der Waals surface area (Å²) in [4.78, 5) is 26.2. The number of H-pyrrole nitrogens is 2. The molecule has 1 aromatic carbocycles. The molecule has 0 aliphatic carbocycles. The van der Waals surface area contributed by atoms with Gasteiger partial charge in [0, 0.05) is 0 Å². The van der Waals surface area contributed by atoms with E-state index in [-0.39, 0.29) is 5.56 Å². The van der Waals surface area contributed by atoms with Gasteiger partial charge in [-0.3, -0.25) is 9.78 Å². The van der Waals surface area contributed by atoms with Crippen molar-refractivity contribution in [3.05, 3.63) is 51.2 Å². The Hall–Kier alpha value is -2.30. The summed E-state index contributed by atoms with van der Waals surface area (Å²) in [7, 11) is 0. The predicted octanol–water partition coefficient (Wildman–Crippen LogP) is -0.196. The number of hydrogen-bond acceptors (Lipinski definition) is 3. The predicted molar refractivity (Wildman–Crippen MR) is 52.6 cm³/mol. The van der Waals surface area contributed by atoms with Gasteiger partial charge in [0.15, 0.2) is 0 Å². The second kappa shape index (κ2) is 3.45. The van der Waals surface area contributed by atoms with E-state index in [0.29, 0.717) is 5.56 Å². The Morgan fingerprint density at radius 1 is 1.00 bits per heavy atom. The molecule has 2 rings (SSSR count). The number of benzene rings is 1. The Kier molecular flexibility index (Phi) is 2.13. The normalized spacial score (nSPS) is 10.1. The van der Waals surface area contributed by atoms with Crippen LogP contribution in [0.2, 0.25) is 0 Å². The zero-order valence-corrected chi connectivity index (χ0v) is 7.61. The molecule has 2 aromatic rings. The standard InChI is InChI=1S/C10H8N2O3/c13-8-7(6-4-2-1-3-5-6)9(14)12-10(15)11-8/h1-5H,(H3,11,12,13,14,15)/p-1. The lowest BCUT2D eigenvalue weighted by Gasteiger charge is -2.10. The van der Waals surface area contributed by atoms with Crippen LogP contribution >= 0.6 is 0 Å². The molecule has 0 aliphatic heterocycles. The fraction of sp³-hybridized carbons (Fsp3) is 0. The quantitative estimate of drug-likeness (QED) is 0.672. The van der Waals surface area contributed by atoms with Gasteiger partial charge in [-0.25, -0.2) is 4.79 Å². The van der Waals surface area contributed by atoms with E-state index < -0.39 is 17.1 Å². The van der Waals surface area contributed by atoms with Crippen molar-refractivity contribution in [2.45, 2.75) is 0 Å². The van der Waals surface area contributed by atoms with E-state index in [2.05, 4.69) is 0 Å². The van der Waals surface area contributed by atoms with Crippen molar-refractivity contribution < 1.29 is 5.11 Å². The first-order valence-electron chi connectivity index (χ1n) is 4.27. The number of aromatic amines is 2. The van der Waals surface area contributed by atoms with Gasteiger partial charge in [-0.2, -0.15) is 0 Å². The van der Waals surface area contributed by atoms with E-state index in [4.69, 9.17) is 0 Å². The van der Waals surface area contributed by atoms with Gasteiger partial charge in [0.2, 0.25) is 0 Å². The molecule has 1 aromatic heterocycles. The van der Waals surface area contributed by atoms with E-state index in [1.165, 1.54) is 0 Å². The van der Waals surface area contributed by atoms with Gasteiger partial charge in [-0.15, -0.1) is 0 Å². The van der Waals surface area contributed by atoms with Crippen molar-refractivity contribution in [2.75, 3.05) is 0 Å². The second-order valence-corrected chi connectivity index (χ2v) is 2.98. The van der Waals surface area contributed by atoms with Crippen LogP contribution in [0.15, 0.2) is 39.9 Å². The zero-order valence-electron chi connectivity index (χ0n) is 7.61. The molecule has 5 heteroatoms. The smallest absolute Gasteiger partial charge is 0.325 e. The monoisotopic (exact) mass is 203 g/mol. The highest BCUT2D eigenvalue weighted by molar-refractivity contribution is 5.66. The van der Waals surface area contributed by atoms with Crippen LogP contribution in [0.3, 0.4) is 0 Å². The van der Waals surface area contributed by atoms with Gasteiger partial charge < -0.3 is 10.1 Å². The molecule has 0 amide bonds. The number of aromatic nitrogens is 2. The highest BCUT2D eigenvalue weighted by Crippen LogP contribution is 2.18. The lowest BCUT2D eigenvalue weighted by atomic mass is 10.1. The second-order valence-electron chi connectivity index (χ2n) is 2.98. The molecule has 0 fully saturated rings. The third-order valence-electron chi connectivity index (χ3n) is 1.97. The van der Waals surface area contributed by atoms with E-state index in [1.807, 2.05) is 9.97 Å². The molecule has 76 valence electrons. The van der Waals surface area contributed by atoms with Crippen LogP contribution in [-0.2, 0) is 0 Å². The summed E-state index contributed by atoms with van der Waals surface area (Å²) in [6.07, 6.45) is 0. The van der Waals surface area contributed by atoms with E-state index in [1.54, 1.807) is 30.3 Å². The highest BCUT2D eigenvalue weighted by atomic mass is 16.3. The van der Waals surface area contributed by atoms with E-state index in [9.17, 15) is 14.7 Å². The van der Waals surface area contributed by atoms with Crippen molar-refractivity contribution in [1.82, 2.24) is 9.97 Å². The highest BCUT2D eigenvalue weighted by Gasteiger charge is 2.04. The molecule has 1 heterocycles. The molecule has 0 aliphatic rings. The fourth-order valence-corrected chi connectivity index (χ4v) is 1.33. The Bertz CT molecular complexity index is 584. The summed E-state index contributed by atoms with van der Waals surface area (Å²) >= 11 is 0. The van der Waals surface area contributed by atoms with Crippen LogP contribution < -0.4 is 16.4 Å². The van der Waals surface area contributed by atoms with Gasteiger partial charge >= 0.3 is 5.69 Å². The first-order valence-corrected chi connectivity index (χ1v) is 4.27. The number of hydrogen-bond donors (Lipinski definition) is 2. The molecule has 0 bridgehead atoms. The maximum atomic E-state index is 11.4. The first-order chi connectivity index (χ1) is 7.18. The number of nitrogens with one attached hydrogen (secondary N) is 2. The van der Waals surface area contributed by atoms with Crippen molar-refractivity contribution in [1.29, 1.82) is 0 Å². The van der Waals surface area contributed by atoms with Crippen LogP contribution in [0.1, 0.15) is 0 Å². The van der Waals surface area contributed by atoms with Crippen LogP contribution in [0, 0.1) is 0 Å². The van der Waals surface area contributed by atoms with Crippen LogP contribution in [0.5, 0.6) is 5.88 Å². The summed E-state index contributed by atoms with van der Waals surface area (Å²) in [5.74, 6) is -0.671. The molecule has 5 nitrogen and oxygen atoms in total. The molecule has 0 atom stereocenters. The Morgan fingerprint density at radius 3 is 2.27 bits per heavy atom. The van der Waals surface area contributed by atoms with Crippen molar-refractivity contribution in [3.63, 3.8) is 0 Å². The minimum atomic E-state index is -0.787. The lowest BCUT2D eigenvalue weighted by molar-refractivity contribution is -0.274. The minimum Gasteiger partial charge on any atom is -0.860 e. The fourth-order valence-electron chi connectivity index (χ4n) is 1.33. The van der Waals surface area contributed by atoms with Crippen LogP contribution in [-0.4, -0.2) is 9.97 Å². The maximum Gasteiger partial charge on any atom is 0.325 e. The Labute approximate surface area is 84.0 Å². The van der Waals surface area contributed by atoms with Gasteiger partial charge in [0.1, 0.15) is 0 Å². The van der Waals surface area contributed by atoms with E-state index in [0.717, 1.165) is 0 Å². The molecular weight excluding hydrogens is 196 g/mol. The molecule has 0 saturated heterocycles. The molecule has 0 radical (unpaired) electrons. The Morgan fingerprint density at radius 2 is 1.67 bits per heavy atom. The van der Waals surface area contributed by atoms with Gasteiger partial charge in [-0.05, 0) is 11.4 Å². The third kappa shape index (κ3) is 1.67. The molecular formula is C10H7N2O3-. The average Bonchev–Trinajstić information content (AvgIpc) is 2.17. The topological polar surface area (TPSA) is 88.8 Å². The van der Waals surface area contributed by atoms with Crippen LogP contribution in [0.4, 0.5) is 0 Å². The lowest BCUT2D eigenvalue weighted by Crippen LogP contribution is -2.25. The summed E-state index contributed by atoms with van der Waals surface area (Å²) in [6.45, 7) is 0. The van der Waals surface area contributed by atoms with Gasteiger partial charge in [0.25, 0.3) is 5.56 Å². The molecule has 0 saturated carbocycles. The number of rotatable bonds is 1. The van der Waals surface area contributed by atoms with Gasteiger partial charge in [0.05, 0.1) is 5.56 Å². The van der Waals surface area contributed by atoms with Crippen molar-refractivity contribution in [2.24, 2.45) is 0 Å². The third-order valence-corrected chi connectivity index (χ3v) is 1.97. The maximum absolute atomic E-state index is 11.4. The SMILES string of the molecule is O=c1[nH]c([O-])c(-c2ccccc2)c(=O)[nH]1. The van der Waals surface area contributed by atoms with E-state index >= 15 is 0 Å². The summed E-state index contributed by atoms with van der Waals surface area (Å²) in [6, 6.07) is 8.45. The molecule has 0 unspecified atom stereocenters. The van der Waals surface area contributed by atoms with Crippen molar-refractivity contribution >= 4 is 0 Å². The molecule has 0 spiro atoms. The van der Waals surface area contributed by atoms with Crippen molar-refractivity contribution in [3.8, 4) is 17.0 Å². The summed E-state index contributed by atoms with van der Waals surface area (Å²) in [5, 5.41) is 11.4. The average molecular weight is 203 g/mol. The van der Waals surface area contributed by atoms with Crippen LogP contribution in [0.25, 0.3) is 11.1 Å². The minimum absolute atomic E-state index is 0.0461. The Balaban J connectivity index is 2.75. The molecule has 2 N–H and O–H groups in total. The zero-order chi connectivity index (χ0) is 10.8. The summed E-state index contributed by atoms with van der Waals surface area (Å²) < 4.78 is 0. The summed E-state index contributed by atoms with van der Waals surface area (Å²) in [5.41, 5.74) is -1.02. The van der Waals surface area contributed by atoms with Gasteiger partial charge in [-0.1, -0.05) is 30.3 Å². The molecule has 15 heavy (non-hydrogen) atoms. The largest absolute Gasteiger partial charge is 0.860 e.